The lowest BCUT2D eigenvalue weighted by molar-refractivity contribution is 0.190. The average molecular weight is 335 g/mol. The predicted octanol–water partition coefficient (Wildman–Crippen LogP) is 2.52. The minimum absolute atomic E-state index is 0.138. The second-order valence-corrected chi connectivity index (χ2v) is 7.39. The van der Waals surface area contributed by atoms with Gasteiger partial charge in [0.25, 0.3) is 0 Å². The fourth-order valence-corrected chi connectivity index (χ4v) is 3.18. The van der Waals surface area contributed by atoms with Crippen molar-refractivity contribution < 1.29 is 4.74 Å². The molecule has 1 saturated heterocycles. The second-order valence-electron chi connectivity index (χ2n) is 7.39. The summed E-state index contributed by atoms with van der Waals surface area (Å²) in [5, 5.41) is 0. The molecule has 0 aromatic heterocycles. The number of piperidine rings is 1. The summed E-state index contributed by atoms with van der Waals surface area (Å²) in [6.45, 7) is 8.48. The summed E-state index contributed by atoms with van der Waals surface area (Å²) < 4.78 is 5.83. The van der Waals surface area contributed by atoms with Crippen molar-refractivity contribution in [2.24, 2.45) is 0 Å². The number of ether oxygens (including phenoxy) is 1. The van der Waals surface area contributed by atoms with Crippen molar-refractivity contribution >= 4 is 11.4 Å². The summed E-state index contributed by atoms with van der Waals surface area (Å²) in [4.78, 5) is 7.20. The van der Waals surface area contributed by atoms with Crippen molar-refractivity contribution in [3.05, 3.63) is 18.2 Å². The minimum atomic E-state index is 0.138. The van der Waals surface area contributed by atoms with E-state index in [1.54, 1.807) is 0 Å². The van der Waals surface area contributed by atoms with E-state index in [1.165, 1.54) is 18.5 Å². The predicted molar refractivity (Wildman–Crippen MR) is 103 cm³/mol. The van der Waals surface area contributed by atoms with Crippen LogP contribution in [0.4, 0.5) is 11.4 Å². The number of likely N-dealkylation sites (N-methyl/N-ethyl adjacent to an activating group) is 2. The summed E-state index contributed by atoms with van der Waals surface area (Å²) in [5.74, 6) is 0.799. The summed E-state index contributed by atoms with van der Waals surface area (Å²) in [7, 11) is 6.52. The molecule has 0 unspecified atom stereocenters. The Morgan fingerprint density at radius 3 is 2.42 bits per heavy atom. The molecule has 1 aromatic carbocycles. The van der Waals surface area contributed by atoms with Gasteiger partial charge in [-0.25, -0.2) is 0 Å². The van der Waals surface area contributed by atoms with Crippen molar-refractivity contribution in [1.82, 2.24) is 9.80 Å². The molecule has 1 aliphatic heterocycles. The van der Waals surface area contributed by atoms with E-state index >= 15 is 0 Å². The molecule has 5 nitrogen and oxygen atoms in total. The quantitative estimate of drug-likeness (QED) is 0.776. The summed E-state index contributed by atoms with van der Waals surface area (Å²) in [6, 6.07) is 6.84. The van der Waals surface area contributed by atoms with Crippen LogP contribution in [0.2, 0.25) is 0 Å². The lowest BCUT2D eigenvalue weighted by Crippen LogP contribution is -2.45. The monoisotopic (exact) mass is 334 g/mol. The molecule has 0 aliphatic carbocycles. The lowest BCUT2D eigenvalue weighted by atomic mass is 10.0. The van der Waals surface area contributed by atoms with Crippen LogP contribution in [-0.2, 0) is 0 Å². The van der Waals surface area contributed by atoms with Crippen LogP contribution in [0.15, 0.2) is 18.2 Å². The highest BCUT2D eigenvalue weighted by molar-refractivity contribution is 5.62. The molecular weight excluding hydrogens is 300 g/mol. The van der Waals surface area contributed by atoms with Gasteiger partial charge in [0.1, 0.15) is 5.75 Å². The molecular formula is C19H34N4O. The van der Waals surface area contributed by atoms with Crippen molar-refractivity contribution in [2.75, 3.05) is 58.0 Å². The van der Waals surface area contributed by atoms with Crippen LogP contribution in [0.25, 0.3) is 0 Å². The Morgan fingerprint density at radius 2 is 1.83 bits per heavy atom. The first-order chi connectivity index (χ1) is 11.4. The minimum Gasteiger partial charge on any atom is -0.489 e. The number of benzene rings is 1. The van der Waals surface area contributed by atoms with Crippen LogP contribution in [0, 0.1) is 0 Å². The molecule has 136 valence electrons. The molecule has 0 bridgehead atoms. The number of anilines is 2. The Labute approximate surface area is 147 Å². The van der Waals surface area contributed by atoms with Gasteiger partial charge in [-0.2, -0.15) is 0 Å². The SMILES string of the molecule is CC(C)Oc1cc(N2CCC(N(C)CCN(C)C)CC2)ccc1N. The molecule has 1 fully saturated rings. The molecule has 0 saturated carbocycles. The Hall–Kier alpha value is -1.46. The zero-order valence-electron chi connectivity index (χ0n) is 16.0. The van der Waals surface area contributed by atoms with Gasteiger partial charge in [0.2, 0.25) is 0 Å². The molecule has 2 rings (SSSR count). The molecule has 0 amide bonds. The molecule has 1 aromatic rings. The third-order valence-corrected chi connectivity index (χ3v) is 4.71. The molecule has 1 aliphatic rings. The highest BCUT2D eigenvalue weighted by atomic mass is 16.5. The normalized spacial score (nSPS) is 16.4. The van der Waals surface area contributed by atoms with Gasteiger partial charge in [-0.1, -0.05) is 0 Å². The van der Waals surface area contributed by atoms with Gasteiger partial charge < -0.3 is 25.2 Å². The number of nitrogens with zero attached hydrogens (tertiary/aromatic N) is 3. The van der Waals surface area contributed by atoms with Crippen molar-refractivity contribution in [2.45, 2.75) is 38.8 Å². The smallest absolute Gasteiger partial charge is 0.144 e. The van der Waals surface area contributed by atoms with Gasteiger partial charge in [0.15, 0.2) is 0 Å². The van der Waals surface area contributed by atoms with Gasteiger partial charge in [-0.05, 0) is 60.0 Å². The standard InChI is InChI=1S/C19H34N4O/c1-15(2)24-19-14-17(6-7-18(19)20)23-10-8-16(9-11-23)22(5)13-12-21(3)4/h6-7,14-16H,8-13,20H2,1-5H3. The Kier molecular flexibility index (Phi) is 6.75. The van der Waals surface area contributed by atoms with E-state index < -0.39 is 0 Å². The van der Waals surface area contributed by atoms with Gasteiger partial charge in [-0.3, -0.25) is 0 Å². The third kappa shape index (κ3) is 5.28. The maximum Gasteiger partial charge on any atom is 0.144 e. The zero-order valence-corrected chi connectivity index (χ0v) is 16.0. The highest BCUT2D eigenvalue weighted by Crippen LogP contribution is 2.30. The Balaban J connectivity index is 1.92. The molecule has 0 spiro atoms. The van der Waals surface area contributed by atoms with E-state index in [1.807, 2.05) is 19.9 Å². The highest BCUT2D eigenvalue weighted by Gasteiger charge is 2.23. The molecule has 1 heterocycles. The summed E-state index contributed by atoms with van der Waals surface area (Å²) in [5.41, 5.74) is 7.96. The van der Waals surface area contributed by atoms with Crippen LogP contribution < -0.4 is 15.4 Å². The Morgan fingerprint density at radius 1 is 1.17 bits per heavy atom. The first-order valence-electron chi connectivity index (χ1n) is 9.03. The molecule has 2 N–H and O–H groups in total. The van der Waals surface area contributed by atoms with Crippen molar-refractivity contribution in [3.8, 4) is 5.75 Å². The largest absolute Gasteiger partial charge is 0.489 e. The van der Waals surface area contributed by atoms with Crippen LogP contribution in [-0.4, -0.2) is 69.3 Å². The van der Waals surface area contributed by atoms with Gasteiger partial charge in [-0.15, -0.1) is 0 Å². The van der Waals surface area contributed by atoms with Crippen LogP contribution in [0.1, 0.15) is 26.7 Å². The number of hydrogen-bond acceptors (Lipinski definition) is 5. The van der Waals surface area contributed by atoms with E-state index in [-0.39, 0.29) is 6.10 Å². The van der Waals surface area contributed by atoms with E-state index in [2.05, 4.69) is 48.0 Å². The van der Waals surface area contributed by atoms with Crippen molar-refractivity contribution in [1.29, 1.82) is 0 Å². The van der Waals surface area contributed by atoms with Crippen molar-refractivity contribution in [3.63, 3.8) is 0 Å². The number of nitrogen functional groups attached to an aromatic ring is 1. The van der Waals surface area contributed by atoms with Gasteiger partial charge >= 0.3 is 0 Å². The van der Waals surface area contributed by atoms with E-state index in [0.717, 1.165) is 31.9 Å². The van der Waals surface area contributed by atoms with E-state index in [9.17, 15) is 0 Å². The first-order valence-corrected chi connectivity index (χ1v) is 9.03. The number of nitrogens with two attached hydrogens (primary N) is 1. The lowest BCUT2D eigenvalue weighted by Gasteiger charge is -2.38. The molecule has 0 atom stereocenters. The summed E-state index contributed by atoms with van der Waals surface area (Å²) >= 11 is 0. The third-order valence-electron chi connectivity index (χ3n) is 4.71. The maximum atomic E-state index is 6.03. The maximum absolute atomic E-state index is 6.03. The number of rotatable bonds is 7. The topological polar surface area (TPSA) is 45.0 Å². The van der Waals surface area contributed by atoms with E-state index in [4.69, 9.17) is 10.5 Å². The summed E-state index contributed by atoms with van der Waals surface area (Å²) in [6.07, 6.45) is 2.54. The second kappa shape index (κ2) is 8.58. The first kappa shape index (κ1) is 18.9. The van der Waals surface area contributed by atoms with Crippen LogP contribution >= 0.6 is 0 Å². The average Bonchev–Trinajstić information content (AvgIpc) is 2.54. The van der Waals surface area contributed by atoms with Gasteiger partial charge in [0.05, 0.1) is 11.8 Å². The zero-order chi connectivity index (χ0) is 17.7. The fourth-order valence-electron chi connectivity index (χ4n) is 3.18. The van der Waals surface area contributed by atoms with Crippen LogP contribution in [0.5, 0.6) is 5.75 Å². The van der Waals surface area contributed by atoms with E-state index in [0.29, 0.717) is 11.7 Å². The molecule has 0 radical (unpaired) electrons. The number of hydrogen-bond donors (Lipinski definition) is 1. The van der Waals surface area contributed by atoms with Crippen LogP contribution in [0.3, 0.4) is 0 Å². The van der Waals surface area contributed by atoms with Gasteiger partial charge in [0, 0.05) is 44.0 Å². The fraction of sp³-hybridized carbons (Fsp3) is 0.684. The molecule has 24 heavy (non-hydrogen) atoms. The Bertz CT molecular complexity index is 510. The molecule has 5 heteroatoms.